The first-order chi connectivity index (χ1) is 9.97. The molecule has 0 fully saturated rings. The Hall–Kier alpha value is -1.73. The van der Waals surface area contributed by atoms with Gasteiger partial charge in [0.2, 0.25) is 0 Å². The number of sulfone groups is 1. The van der Waals surface area contributed by atoms with Gasteiger partial charge in [-0.25, -0.2) is 12.8 Å². The molecule has 0 aliphatic carbocycles. The number of halogens is 1. The third-order valence-electron chi connectivity index (χ3n) is 3.81. The molecule has 1 atom stereocenters. The van der Waals surface area contributed by atoms with Crippen molar-refractivity contribution in [3.05, 3.63) is 47.5 Å². The molecule has 1 unspecified atom stereocenters. The van der Waals surface area contributed by atoms with Gasteiger partial charge in [-0.15, -0.1) is 0 Å². The molecule has 1 aliphatic heterocycles. The standard InChI is InChI=1S/C14H16FN3O2S/c1-18-11(4-6-17-18)9-16-13-5-7-21(19,20)14-3-2-10(15)8-12(13)14/h2-4,6,8,13,16H,5,7,9H2,1H3. The van der Waals surface area contributed by atoms with E-state index in [4.69, 9.17) is 0 Å². The summed E-state index contributed by atoms with van der Waals surface area (Å²) in [5.74, 6) is -0.340. The van der Waals surface area contributed by atoms with E-state index >= 15 is 0 Å². The highest BCUT2D eigenvalue weighted by molar-refractivity contribution is 7.91. The maximum absolute atomic E-state index is 13.5. The zero-order valence-corrected chi connectivity index (χ0v) is 12.4. The summed E-state index contributed by atoms with van der Waals surface area (Å²) < 4.78 is 39.3. The lowest BCUT2D eigenvalue weighted by atomic mass is 10.0. The van der Waals surface area contributed by atoms with Gasteiger partial charge in [0.15, 0.2) is 9.84 Å². The third kappa shape index (κ3) is 2.71. The fourth-order valence-corrected chi connectivity index (χ4v) is 4.23. The molecule has 5 nitrogen and oxygen atoms in total. The van der Waals surface area contributed by atoms with Gasteiger partial charge < -0.3 is 5.32 Å². The van der Waals surface area contributed by atoms with Crippen LogP contribution in [0.25, 0.3) is 0 Å². The van der Waals surface area contributed by atoms with Crippen LogP contribution in [0.2, 0.25) is 0 Å². The fourth-order valence-electron chi connectivity index (χ4n) is 2.63. The van der Waals surface area contributed by atoms with Crippen LogP contribution in [0.3, 0.4) is 0 Å². The topological polar surface area (TPSA) is 64.0 Å². The van der Waals surface area contributed by atoms with Crippen molar-refractivity contribution in [1.29, 1.82) is 0 Å². The van der Waals surface area contributed by atoms with E-state index in [1.165, 1.54) is 18.2 Å². The van der Waals surface area contributed by atoms with Gasteiger partial charge in [0.25, 0.3) is 0 Å². The molecule has 1 aliphatic rings. The van der Waals surface area contributed by atoms with Crippen LogP contribution in [-0.4, -0.2) is 24.0 Å². The molecule has 0 amide bonds. The normalized spacial score (nSPS) is 20.2. The number of fused-ring (bicyclic) bond motifs is 1. The Labute approximate surface area is 122 Å². The Balaban J connectivity index is 1.88. The molecule has 2 aromatic rings. The van der Waals surface area contributed by atoms with Crippen LogP contribution in [0.4, 0.5) is 4.39 Å². The molecule has 112 valence electrons. The lowest BCUT2D eigenvalue weighted by Gasteiger charge is -2.26. The summed E-state index contributed by atoms with van der Waals surface area (Å²) in [7, 11) is -1.45. The molecule has 21 heavy (non-hydrogen) atoms. The predicted molar refractivity (Wildman–Crippen MR) is 75.9 cm³/mol. The van der Waals surface area contributed by atoms with Gasteiger partial charge in [0, 0.05) is 25.8 Å². The number of benzene rings is 1. The smallest absolute Gasteiger partial charge is 0.178 e. The molecule has 1 aromatic heterocycles. The lowest BCUT2D eigenvalue weighted by Crippen LogP contribution is -2.30. The Morgan fingerprint density at radius 2 is 2.24 bits per heavy atom. The van der Waals surface area contributed by atoms with Gasteiger partial charge in [-0.1, -0.05) is 0 Å². The molecule has 0 bridgehead atoms. The van der Waals surface area contributed by atoms with Crippen LogP contribution in [0.15, 0.2) is 35.4 Å². The summed E-state index contributed by atoms with van der Waals surface area (Å²) in [4.78, 5) is 0.234. The highest BCUT2D eigenvalue weighted by Crippen LogP contribution is 2.32. The summed E-state index contributed by atoms with van der Waals surface area (Å²) >= 11 is 0. The number of nitrogens with zero attached hydrogens (tertiary/aromatic N) is 2. The van der Waals surface area contributed by atoms with Crippen LogP contribution in [0.5, 0.6) is 0 Å². The van der Waals surface area contributed by atoms with Gasteiger partial charge in [-0.2, -0.15) is 5.10 Å². The van der Waals surface area contributed by atoms with Gasteiger partial charge >= 0.3 is 0 Å². The maximum Gasteiger partial charge on any atom is 0.178 e. The Bertz CT molecular complexity index is 770. The molecule has 0 spiro atoms. The van der Waals surface area contributed by atoms with Crippen molar-refractivity contribution in [3.63, 3.8) is 0 Å². The molecule has 0 saturated heterocycles. The average Bonchev–Trinajstić information content (AvgIpc) is 2.83. The highest BCUT2D eigenvalue weighted by atomic mass is 32.2. The molecule has 1 aromatic carbocycles. The molecule has 0 saturated carbocycles. The second kappa shape index (κ2) is 5.23. The number of aryl methyl sites for hydroxylation is 1. The second-order valence-corrected chi connectivity index (χ2v) is 7.25. The van der Waals surface area contributed by atoms with E-state index in [9.17, 15) is 12.8 Å². The minimum absolute atomic E-state index is 0.0781. The first-order valence-corrected chi connectivity index (χ1v) is 8.35. The summed E-state index contributed by atoms with van der Waals surface area (Å²) in [6, 6.07) is 5.58. The number of aromatic nitrogens is 2. The van der Waals surface area contributed by atoms with E-state index in [2.05, 4.69) is 10.4 Å². The van der Waals surface area contributed by atoms with E-state index in [1.54, 1.807) is 10.9 Å². The monoisotopic (exact) mass is 309 g/mol. The zero-order valence-electron chi connectivity index (χ0n) is 11.6. The van der Waals surface area contributed by atoms with Crippen molar-refractivity contribution in [2.45, 2.75) is 23.9 Å². The number of hydrogen-bond acceptors (Lipinski definition) is 4. The minimum Gasteiger partial charge on any atom is -0.304 e. The van der Waals surface area contributed by atoms with Gasteiger partial charge in [0.05, 0.1) is 16.3 Å². The second-order valence-electron chi connectivity index (χ2n) is 5.17. The highest BCUT2D eigenvalue weighted by Gasteiger charge is 2.30. The van der Waals surface area contributed by atoms with Crippen LogP contribution in [0, 0.1) is 5.82 Å². The van der Waals surface area contributed by atoms with E-state index in [-0.39, 0.29) is 16.7 Å². The van der Waals surface area contributed by atoms with Crippen molar-refractivity contribution in [1.82, 2.24) is 15.1 Å². The zero-order chi connectivity index (χ0) is 15.0. The van der Waals surface area contributed by atoms with Gasteiger partial charge in [-0.05, 0) is 36.2 Å². The summed E-state index contributed by atoms with van der Waals surface area (Å²) in [5.41, 5.74) is 1.50. The SMILES string of the molecule is Cn1nccc1CNC1CCS(=O)(=O)c2ccc(F)cc21. The Morgan fingerprint density at radius 1 is 1.43 bits per heavy atom. The maximum atomic E-state index is 13.5. The molecule has 2 heterocycles. The molecular weight excluding hydrogens is 293 g/mol. The summed E-state index contributed by atoms with van der Waals surface area (Å²) in [6.45, 7) is 0.553. The van der Waals surface area contributed by atoms with Gasteiger partial charge in [0.1, 0.15) is 5.82 Å². The molecule has 0 radical (unpaired) electrons. The molecular formula is C14H16FN3O2S. The number of hydrogen-bond donors (Lipinski definition) is 1. The Kier molecular flexibility index (Phi) is 3.54. The van der Waals surface area contributed by atoms with Crippen LogP contribution in [0.1, 0.15) is 23.7 Å². The van der Waals surface area contributed by atoms with Crippen molar-refractivity contribution in [2.24, 2.45) is 7.05 Å². The van der Waals surface area contributed by atoms with E-state index in [0.717, 1.165) is 5.69 Å². The summed E-state index contributed by atoms with van der Waals surface area (Å²) in [5, 5.41) is 7.38. The molecule has 7 heteroatoms. The largest absolute Gasteiger partial charge is 0.304 e. The van der Waals surface area contributed by atoms with E-state index in [1.807, 2.05) is 13.1 Å². The van der Waals surface area contributed by atoms with Crippen molar-refractivity contribution < 1.29 is 12.8 Å². The fraction of sp³-hybridized carbons (Fsp3) is 0.357. The summed E-state index contributed by atoms with van der Waals surface area (Å²) in [6.07, 6.45) is 2.15. The van der Waals surface area contributed by atoms with Crippen molar-refractivity contribution in [2.75, 3.05) is 5.75 Å². The van der Waals surface area contributed by atoms with E-state index < -0.39 is 15.7 Å². The van der Waals surface area contributed by atoms with Crippen molar-refractivity contribution in [3.8, 4) is 0 Å². The van der Waals surface area contributed by atoms with Crippen LogP contribution >= 0.6 is 0 Å². The average molecular weight is 309 g/mol. The Morgan fingerprint density at radius 3 is 2.95 bits per heavy atom. The van der Waals surface area contributed by atoms with Gasteiger partial charge in [-0.3, -0.25) is 4.68 Å². The first-order valence-electron chi connectivity index (χ1n) is 6.70. The number of rotatable bonds is 3. The first kappa shape index (κ1) is 14.2. The predicted octanol–water partition coefficient (Wildman–Crippen LogP) is 1.57. The van der Waals surface area contributed by atoms with Crippen LogP contribution < -0.4 is 5.32 Å². The third-order valence-corrected chi connectivity index (χ3v) is 5.62. The molecule has 3 rings (SSSR count). The van der Waals surface area contributed by atoms with Crippen LogP contribution in [-0.2, 0) is 23.4 Å². The minimum atomic E-state index is -3.30. The lowest BCUT2D eigenvalue weighted by molar-refractivity contribution is 0.477. The number of nitrogens with one attached hydrogen (secondary N) is 1. The van der Waals surface area contributed by atoms with Crippen molar-refractivity contribution >= 4 is 9.84 Å². The molecule has 1 N–H and O–H groups in total. The van der Waals surface area contributed by atoms with E-state index in [0.29, 0.717) is 18.5 Å². The quantitative estimate of drug-likeness (QED) is 0.874.